The third-order valence-electron chi connectivity index (χ3n) is 0.286. The van der Waals surface area contributed by atoms with Crippen molar-refractivity contribution in [2.24, 2.45) is 0 Å². The van der Waals surface area contributed by atoms with Crippen LogP contribution in [0.15, 0.2) is 0 Å². The van der Waals surface area contributed by atoms with E-state index in [4.69, 9.17) is 6.42 Å². The minimum absolute atomic E-state index is 0.601. The van der Waals surface area contributed by atoms with Gasteiger partial charge in [0.2, 0.25) is 0 Å². The summed E-state index contributed by atoms with van der Waals surface area (Å²) in [5.74, 6) is 7.18. The summed E-state index contributed by atoms with van der Waals surface area (Å²) in [4.78, 5) is 0. The molecule has 0 aromatic rings. The van der Waals surface area contributed by atoms with Gasteiger partial charge in [0.25, 0.3) is 0 Å². The summed E-state index contributed by atoms with van der Waals surface area (Å²) in [6.45, 7) is 3.45. The van der Waals surface area contributed by atoms with E-state index in [0.717, 1.165) is 0 Å². The first-order chi connectivity index (χ1) is 2.91. The smallest absolute Gasteiger partial charge is 0.00992 e. The first-order valence-corrected chi connectivity index (χ1v) is 1.64. The molecule has 0 aliphatic heterocycles. The van der Waals surface area contributed by atoms with Crippen molar-refractivity contribution in [3.63, 3.8) is 0 Å². The molecule has 0 bridgehead atoms. The van der Waals surface area contributed by atoms with Gasteiger partial charge in [-0.15, -0.1) is 6.42 Å². The minimum atomic E-state index is 0.601. The molecule has 0 atom stereocenters. The highest BCUT2D eigenvalue weighted by atomic mass is 13.6. The summed E-state index contributed by atoms with van der Waals surface area (Å²) in [5, 5.41) is 0. The van der Waals surface area contributed by atoms with Crippen molar-refractivity contribution in [1.82, 2.24) is 0 Å². The molecule has 0 heterocycles. The number of hydrogen-bond donors (Lipinski definition) is 0. The van der Waals surface area contributed by atoms with Crippen LogP contribution in [-0.4, -0.2) is 0 Å². The van der Waals surface area contributed by atoms with Gasteiger partial charge in [0.15, 0.2) is 0 Å². The van der Waals surface area contributed by atoms with Gasteiger partial charge in [-0.25, -0.2) is 0 Å². The zero-order valence-electron chi connectivity index (χ0n) is 3.49. The zero-order valence-corrected chi connectivity index (χ0v) is 3.49. The zero-order chi connectivity index (χ0) is 4.83. The van der Waals surface area contributed by atoms with Gasteiger partial charge >= 0.3 is 0 Å². The summed E-state index contributed by atoms with van der Waals surface area (Å²) < 4.78 is 0. The monoisotopic (exact) mass is 77.0 g/mol. The summed E-state index contributed by atoms with van der Waals surface area (Å²) in [7, 11) is 0. The lowest BCUT2D eigenvalue weighted by atomic mass is 10.5. The molecule has 0 N–H and O–H groups in total. The van der Waals surface area contributed by atoms with E-state index in [1.54, 1.807) is 0 Å². The van der Waals surface area contributed by atoms with Crippen molar-refractivity contribution in [1.29, 1.82) is 0 Å². The maximum Gasteiger partial charge on any atom is 0.00992 e. The Morgan fingerprint density at radius 1 is 1.67 bits per heavy atom. The van der Waals surface area contributed by atoms with E-state index in [1.807, 2.05) is 0 Å². The fourth-order valence-corrected chi connectivity index (χ4v) is 0.114. The van der Waals surface area contributed by atoms with Crippen LogP contribution in [0.4, 0.5) is 0 Å². The van der Waals surface area contributed by atoms with Crippen molar-refractivity contribution in [3.05, 3.63) is 6.92 Å². The molecule has 0 aliphatic carbocycles. The van der Waals surface area contributed by atoms with Crippen LogP contribution in [0.1, 0.15) is 6.42 Å². The standard InChI is InChI=1S/C6H5/c1-3-5-6-4-2/h1H,2,4H2. The Morgan fingerprint density at radius 2 is 2.33 bits per heavy atom. The average Bonchev–Trinajstić information content (AvgIpc) is 1.61. The molecule has 0 saturated heterocycles. The molecule has 0 saturated carbocycles. The summed E-state index contributed by atoms with van der Waals surface area (Å²) in [6, 6.07) is 0. The molecule has 0 fully saturated rings. The Labute approximate surface area is 38.6 Å². The van der Waals surface area contributed by atoms with Crippen LogP contribution in [0.25, 0.3) is 0 Å². The molecule has 0 heteroatoms. The van der Waals surface area contributed by atoms with Crippen LogP contribution in [0, 0.1) is 31.1 Å². The van der Waals surface area contributed by atoms with E-state index in [9.17, 15) is 0 Å². The Hall–Kier alpha value is -0.880. The molecule has 29 valence electrons. The quantitative estimate of drug-likeness (QED) is 0.376. The topological polar surface area (TPSA) is 0 Å². The van der Waals surface area contributed by atoms with Gasteiger partial charge in [0, 0.05) is 6.42 Å². The molecule has 0 rings (SSSR count). The third kappa shape index (κ3) is 3.12. The van der Waals surface area contributed by atoms with E-state index < -0.39 is 0 Å². The molecule has 0 aromatic heterocycles. The van der Waals surface area contributed by atoms with Crippen LogP contribution in [0.5, 0.6) is 0 Å². The second-order valence-electron chi connectivity index (χ2n) is 0.696. The summed E-state index contributed by atoms with van der Waals surface area (Å²) in [6.07, 6.45) is 5.36. The van der Waals surface area contributed by atoms with E-state index >= 15 is 0 Å². The van der Waals surface area contributed by atoms with Gasteiger partial charge in [-0.1, -0.05) is 5.92 Å². The van der Waals surface area contributed by atoms with Gasteiger partial charge in [0.05, 0.1) is 0 Å². The summed E-state index contributed by atoms with van der Waals surface area (Å²) >= 11 is 0. The molecular formula is C6H5. The molecule has 0 aromatic carbocycles. The number of rotatable bonds is 0. The summed E-state index contributed by atoms with van der Waals surface area (Å²) in [5.41, 5.74) is 0. The first kappa shape index (κ1) is 5.12. The van der Waals surface area contributed by atoms with Crippen molar-refractivity contribution in [2.75, 3.05) is 0 Å². The Balaban J connectivity index is 3.22. The maximum atomic E-state index is 4.76. The highest BCUT2D eigenvalue weighted by Gasteiger charge is 1.51. The second kappa shape index (κ2) is 4.12. The first-order valence-electron chi connectivity index (χ1n) is 1.64. The predicted molar refractivity (Wildman–Crippen MR) is 26.6 cm³/mol. The normalized spacial score (nSPS) is 4.67. The average molecular weight is 77.1 g/mol. The molecule has 0 amide bonds. The molecule has 0 nitrogen and oxygen atoms in total. The molecule has 0 spiro atoms. The van der Waals surface area contributed by atoms with Crippen LogP contribution >= 0.6 is 0 Å². The second-order valence-corrected chi connectivity index (χ2v) is 0.696. The van der Waals surface area contributed by atoms with Gasteiger partial charge < -0.3 is 0 Å². The van der Waals surface area contributed by atoms with Crippen LogP contribution in [0.2, 0.25) is 0 Å². The van der Waals surface area contributed by atoms with Gasteiger partial charge in [-0.3, -0.25) is 0 Å². The van der Waals surface area contributed by atoms with Crippen molar-refractivity contribution < 1.29 is 0 Å². The Bertz CT molecular complexity index is 104. The lowest BCUT2D eigenvalue weighted by Gasteiger charge is -1.57. The highest BCUT2D eigenvalue weighted by Crippen LogP contribution is 1.61. The predicted octanol–water partition coefficient (Wildman–Crippen LogP) is 0.847. The van der Waals surface area contributed by atoms with Crippen LogP contribution < -0.4 is 0 Å². The van der Waals surface area contributed by atoms with E-state index in [1.165, 1.54) is 0 Å². The van der Waals surface area contributed by atoms with Crippen molar-refractivity contribution >= 4 is 0 Å². The minimum Gasteiger partial charge on any atom is -0.106 e. The Kier molecular flexibility index (Phi) is 3.52. The lowest BCUT2D eigenvalue weighted by Crippen LogP contribution is -1.48. The maximum absolute atomic E-state index is 4.76. The van der Waals surface area contributed by atoms with Crippen molar-refractivity contribution in [2.45, 2.75) is 6.42 Å². The molecular weight excluding hydrogens is 72.1 g/mol. The number of hydrogen-bond acceptors (Lipinski definition) is 0. The number of terminal acetylenes is 1. The SMILES string of the molecule is C#CC#CC[CH2]. The largest absolute Gasteiger partial charge is 0.106 e. The van der Waals surface area contributed by atoms with Gasteiger partial charge in [0.1, 0.15) is 0 Å². The molecule has 6 heavy (non-hydrogen) atoms. The highest BCUT2D eigenvalue weighted by molar-refractivity contribution is 5.21. The van der Waals surface area contributed by atoms with E-state index in [-0.39, 0.29) is 0 Å². The third-order valence-corrected chi connectivity index (χ3v) is 0.286. The fraction of sp³-hybridized carbons (Fsp3) is 0.167. The van der Waals surface area contributed by atoms with Crippen LogP contribution in [0.3, 0.4) is 0 Å². The fourth-order valence-electron chi connectivity index (χ4n) is 0.114. The molecule has 0 aliphatic rings. The molecule has 0 unspecified atom stereocenters. The van der Waals surface area contributed by atoms with E-state index in [0.29, 0.717) is 6.42 Å². The lowest BCUT2D eigenvalue weighted by molar-refractivity contribution is 1.49. The van der Waals surface area contributed by atoms with Gasteiger partial charge in [-0.2, -0.15) is 0 Å². The van der Waals surface area contributed by atoms with E-state index in [2.05, 4.69) is 24.7 Å². The van der Waals surface area contributed by atoms with Crippen molar-refractivity contribution in [3.8, 4) is 24.2 Å². The Morgan fingerprint density at radius 3 is 2.50 bits per heavy atom. The molecule has 1 radical (unpaired) electrons. The van der Waals surface area contributed by atoms with Gasteiger partial charge in [-0.05, 0) is 18.8 Å². The van der Waals surface area contributed by atoms with Crippen LogP contribution in [-0.2, 0) is 0 Å².